The number of carbonyl (C=O) groups is 1. The van der Waals surface area contributed by atoms with Crippen LogP contribution in [0.25, 0.3) is 11.0 Å². The number of amides is 1. The van der Waals surface area contributed by atoms with Gasteiger partial charge in [-0.25, -0.2) is 13.2 Å². The molecular formula is C26H28N2O5S. The minimum atomic E-state index is -3.58. The Hall–Kier alpha value is -2.97. The number of fused-ring (bicyclic) bond motifs is 2. The van der Waals surface area contributed by atoms with E-state index in [0.717, 1.165) is 42.2 Å². The second-order valence-electron chi connectivity index (χ2n) is 9.26. The van der Waals surface area contributed by atoms with E-state index in [1.54, 1.807) is 18.2 Å². The van der Waals surface area contributed by atoms with Crippen LogP contribution in [0.1, 0.15) is 42.4 Å². The summed E-state index contributed by atoms with van der Waals surface area (Å²) >= 11 is 0. The quantitative estimate of drug-likeness (QED) is 0.569. The van der Waals surface area contributed by atoms with Gasteiger partial charge in [0.2, 0.25) is 15.9 Å². The molecule has 34 heavy (non-hydrogen) atoms. The van der Waals surface area contributed by atoms with Crippen LogP contribution in [0.4, 0.5) is 5.69 Å². The van der Waals surface area contributed by atoms with Crippen molar-refractivity contribution in [1.29, 1.82) is 0 Å². The summed E-state index contributed by atoms with van der Waals surface area (Å²) in [5, 5.41) is 3.71. The molecule has 1 fully saturated rings. The third-order valence-corrected chi connectivity index (χ3v) is 8.90. The second-order valence-corrected chi connectivity index (χ2v) is 11.2. The van der Waals surface area contributed by atoms with Gasteiger partial charge < -0.3 is 9.73 Å². The highest BCUT2D eigenvalue weighted by atomic mass is 32.2. The van der Waals surface area contributed by atoms with E-state index in [4.69, 9.17) is 4.42 Å². The monoisotopic (exact) mass is 480 g/mol. The fourth-order valence-corrected chi connectivity index (χ4v) is 6.55. The Labute approximate surface area is 198 Å². The molecule has 0 atom stereocenters. The highest BCUT2D eigenvalue weighted by Gasteiger charge is 2.32. The van der Waals surface area contributed by atoms with Gasteiger partial charge in [0, 0.05) is 42.2 Å². The summed E-state index contributed by atoms with van der Waals surface area (Å²) in [5.41, 5.74) is 3.76. The SMILES string of the molecule is Cc1cc(=O)oc2cc(NC(=O)C3CCN(S(=O)(=O)c4ccc5c(c4)CCCC5)CC3)ccc12. The lowest BCUT2D eigenvalue weighted by molar-refractivity contribution is -0.120. The van der Waals surface area contributed by atoms with Crippen LogP contribution in [0.2, 0.25) is 0 Å². The fraction of sp³-hybridized carbons (Fsp3) is 0.385. The van der Waals surface area contributed by atoms with Crippen molar-refractivity contribution in [3.05, 3.63) is 69.6 Å². The van der Waals surface area contributed by atoms with Crippen molar-refractivity contribution in [2.24, 2.45) is 5.92 Å². The first-order chi connectivity index (χ1) is 16.3. The van der Waals surface area contributed by atoms with Crippen molar-refractivity contribution in [3.63, 3.8) is 0 Å². The van der Waals surface area contributed by atoms with E-state index in [2.05, 4.69) is 5.32 Å². The number of hydrogen-bond donors (Lipinski definition) is 1. The number of carbonyl (C=O) groups excluding carboxylic acids is 1. The van der Waals surface area contributed by atoms with Crippen molar-refractivity contribution in [2.75, 3.05) is 18.4 Å². The number of anilines is 1. The minimum absolute atomic E-state index is 0.153. The smallest absolute Gasteiger partial charge is 0.336 e. The van der Waals surface area contributed by atoms with E-state index in [0.29, 0.717) is 42.1 Å². The van der Waals surface area contributed by atoms with Crippen LogP contribution >= 0.6 is 0 Å². The van der Waals surface area contributed by atoms with Crippen LogP contribution in [-0.2, 0) is 27.7 Å². The lowest BCUT2D eigenvalue weighted by Crippen LogP contribution is -2.41. The van der Waals surface area contributed by atoms with Gasteiger partial charge in [0.25, 0.3) is 0 Å². The van der Waals surface area contributed by atoms with Gasteiger partial charge >= 0.3 is 5.63 Å². The largest absolute Gasteiger partial charge is 0.423 e. The van der Waals surface area contributed by atoms with Crippen LogP contribution in [0, 0.1) is 12.8 Å². The van der Waals surface area contributed by atoms with E-state index >= 15 is 0 Å². The van der Waals surface area contributed by atoms with Crippen molar-refractivity contribution in [2.45, 2.75) is 50.3 Å². The van der Waals surface area contributed by atoms with Crippen LogP contribution in [0.3, 0.4) is 0 Å². The zero-order chi connectivity index (χ0) is 23.9. The van der Waals surface area contributed by atoms with Crippen molar-refractivity contribution in [1.82, 2.24) is 4.31 Å². The first kappa shape index (κ1) is 22.8. The zero-order valence-corrected chi connectivity index (χ0v) is 20.0. The number of rotatable bonds is 4. The average Bonchev–Trinajstić information content (AvgIpc) is 2.83. The van der Waals surface area contributed by atoms with Gasteiger partial charge in [-0.05, 0) is 86.4 Å². The predicted molar refractivity (Wildman–Crippen MR) is 130 cm³/mol. The maximum Gasteiger partial charge on any atom is 0.336 e. The summed E-state index contributed by atoms with van der Waals surface area (Å²) < 4.78 is 33.2. The molecule has 0 unspecified atom stereocenters. The van der Waals surface area contributed by atoms with Crippen LogP contribution < -0.4 is 10.9 Å². The van der Waals surface area contributed by atoms with Gasteiger partial charge in [0.05, 0.1) is 4.90 Å². The Balaban J connectivity index is 1.24. The van der Waals surface area contributed by atoms with Gasteiger partial charge in [-0.3, -0.25) is 4.79 Å². The summed E-state index contributed by atoms with van der Waals surface area (Å²) in [5.74, 6) is -0.435. The molecule has 2 aliphatic rings. The maximum atomic E-state index is 13.2. The Morgan fingerprint density at radius 2 is 1.74 bits per heavy atom. The molecule has 0 spiro atoms. The summed E-state index contributed by atoms with van der Waals surface area (Å²) in [6, 6.07) is 12.2. The molecule has 1 aliphatic carbocycles. The number of benzene rings is 2. The molecule has 0 radical (unpaired) electrons. The third-order valence-electron chi connectivity index (χ3n) is 7.00. The topological polar surface area (TPSA) is 96.7 Å². The van der Waals surface area contributed by atoms with Gasteiger partial charge in [0.1, 0.15) is 5.58 Å². The summed E-state index contributed by atoms with van der Waals surface area (Å²) in [4.78, 5) is 24.9. The Kier molecular flexibility index (Phi) is 6.04. The predicted octanol–water partition coefficient (Wildman–Crippen LogP) is 4.02. The maximum absolute atomic E-state index is 13.2. The lowest BCUT2D eigenvalue weighted by Gasteiger charge is -2.31. The van der Waals surface area contributed by atoms with E-state index in [1.165, 1.54) is 15.9 Å². The molecule has 1 amide bonds. The molecule has 3 aromatic rings. The Morgan fingerprint density at radius 3 is 2.50 bits per heavy atom. The minimum Gasteiger partial charge on any atom is -0.423 e. The van der Waals surface area contributed by atoms with Gasteiger partial charge in [-0.2, -0.15) is 4.31 Å². The van der Waals surface area contributed by atoms with Gasteiger partial charge in [-0.15, -0.1) is 0 Å². The summed E-state index contributed by atoms with van der Waals surface area (Å²) in [6.07, 6.45) is 5.11. The molecule has 1 aromatic heterocycles. The van der Waals surface area contributed by atoms with Crippen molar-refractivity contribution >= 4 is 32.6 Å². The third kappa shape index (κ3) is 4.40. The zero-order valence-electron chi connectivity index (χ0n) is 19.2. The van der Waals surface area contributed by atoms with Gasteiger partial charge in [-0.1, -0.05) is 6.07 Å². The lowest BCUT2D eigenvalue weighted by atomic mass is 9.92. The molecule has 178 valence electrons. The molecule has 8 heteroatoms. The van der Waals surface area contributed by atoms with Crippen molar-refractivity contribution in [3.8, 4) is 0 Å². The Morgan fingerprint density at radius 1 is 1.00 bits per heavy atom. The second kappa shape index (κ2) is 9.00. The fourth-order valence-electron chi connectivity index (χ4n) is 5.02. The van der Waals surface area contributed by atoms with Crippen LogP contribution in [0.15, 0.2) is 56.6 Å². The number of nitrogens with one attached hydrogen (secondary N) is 1. The highest BCUT2D eigenvalue weighted by molar-refractivity contribution is 7.89. The molecule has 0 bridgehead atoms. The van der Waals surface area contributed by atoms with E-state index in [1.807, 2.05) is 25.1 Å². The first-order valence-corrected chi connectivity index (χ1v) is 13.2. The summed E-state index contributed by atoms with van der Waals surface area (Å²) in [7, 11) is -3.58. The normalized spacial score (nSPS) is 17.4. The molecule has 7 nitrogen and oxygen atoms in total. The molecule has 2 aromatic carbocycles. The van der Waals surface area contributed by atoms with Crippen molar-refractivity contribution < 1.29 is 17.6 Å². The molecule has 1 saturated heterocycles. The standard InChI is InChI=1S/C26H28N2O5S/c1-17-14-25(29)33-24-16-21(7-9-23(17)24)27-26(30)19-10-12-28(13-11-19)34(31,32)22-8-6-18-4-2-3-5-20(18)15-22/h6-9,14-16,19H,2-5,10-13H2,1H3,(H,27,30). The number of piperidine rings is 1. The number of sulfonamides is 1. The number of hydrogen-bond acceptors (Lipinski definition) is 5. The molecule has 1 N–H and O–H groups in total. The van der Waals surface area contributed by atoms with Crippen LogP contribution in [-0.4, -0.2) is 31.7 Å². The van der Waals surface area contributed by atoms with Crippen LogP contribution in [0.5, 0.6) is 0 Å². The Bertz CT molecular complexity index is 1420. The van der Waals surface area contributed by atoms with E-state index < -0.39 is 15.6 Å². The van der Waals surface area contributed by atoms with Gasteiger partial charge in [0.15, 0.2) is 0 Å². The number of nitrogens with zero attached hydrogens (tertiary/aromatic N) is 1. The molecule has 1 aliphatic heterocycles. The summed E-state index contributed by atoms with van der Waals surface area (Å²) in [6.45, 7) is 2.45. The first-order valence-electron chi connectivity index (χ1n) is 11.8. The molecule has 0 saturated carbocycles. The van der Waals surface area contributed by atoms with E-state index in [-0.39, 0.29) is 11.8 Å². The molecular weight excluding hydrogens is 452 g/mol. The molecule has 5 rings (SSSR count). The highest BCUT2D eigenvalue weighted by Crippen LogP contribution is 2.29. The molecule has 2 heterocycles. The van der Waals surface area contributed by atoms with E-state index in [9.17, 15) is 18.0 Å². The number of aryl methyl sites for hydroxylation is 3. The average molecular weight is 481 g/mol.